The van der Waals surface area contributed by atoms with Crippen molar-refractivity contribution >= 4 is 34.8 Å². The lowest BCUT2D eigenvalue weighted by atomic mass is 10.1. The van der Waals surface area contributed by atoms with E-state index in [2.05, 4.69) is 20.6 Å². The van der Waals surface area contributed by atoms with Gasteiger partial charge in [-0.1, -0.05) is 29.3 Å². The van der Waals surface area contributed by atoms with Crippen molar-refractivity contribution in [2.45, 2.75) is 12.7 Å². The van der Waals surface area contributed by atoms with E-state index in [0.29, 0.717) is 22.0 Å². The average Bonchev–Trinajstić information content (AvgIpc) is 2.69. The van der Waals surface area contributed by atoms with Gasteiger partial charge in [-0.3, -0.25) is 9.78 Å². The van der Waals surface area contributed by atoms with Gasteiger partial charge in [0.1, 0.15) is 5.15 Å². The van der Waals surface area contributed by atoms with Crippen LogP contribution in [0.1, 0.15) is 16.1 Å². The van der Waals surface area contributed by atoms with Gasteiger partial charge in [-0.15, -0.1) is 0 Å². The SMILES string of the molecule is O=C(Nc1ccc(Cl)c(-c2ccccn2)c1)c1ccc(CNCC(F)(F)F)nc1Cl. The molecule has 0 aliphatic carbocycles. The lowest BCUT2D eigenvalue weighted by molar-refractivity contribution is -0.125. The van der Waals surface area contributed by atoms with Gasteiger partial charge >= 0.3 is 6.18 Å². The fraction of sp³-hybridized carbons (Fsp3) is 0.150. The second kappa shape index (κ2) is 9.42. The van der Waals surface area contributed by atoms with Gasteiger partial charge in [-0.2, -0.15) is 13.2 Å². The highest BCUT2D eigenvalue weighted by Gasteiger charge is 2.26. The zero-order chi connectivity index (χ0) is 21.7. The first kappa shape index (κ1) is 22.0. The third-order valence-corrected chi connectivity index (χ3v) is 4.57. The van der Waals surface area contributed by atoms with Crippen molar-refractivity contribution in [2.24, 2.45) is 0 Å². The molecule has 3 rings (SSSR count). The Morgan fingerprint density at radius 3 is 2.53 bits per heavy atom. The Bertz CT molecular complexity index is 1050. The van der Waals surface area contributed by atoms with Crippen LogP contribution in [0.2, 0.25) is 10.2 Å². The first-order chi connectivity index (χ1) is 14.2. The lowest BCUT2D eigenvalue weighted by Gasteiger charge is -2.11. The van der Waals surface area contributed by atoms with E-state index in [1.807, 2.05) is 6.07 Å². The maximum Gasteiger partial charge on any atom is 0.401 e. The van der Waals surface area contributed by atoms with Crippen LogP contribution in [0.15, 0.2) is 54.7 Å². The number of amides is 1. The van der Waals surface area contributed by atoms with Gasteiger partial charge in [0.25, 0.3) is 5.91 Å². The first-order valence-electron chi connectivity index (χ1n) is 8.68. The Balaban J connectivity index is 1.72. The van der Waals surface area contributed by atoms with Crippen LogP contribution in [-0.2, 0) is 6.54 Å². The Kier molecular flexibility index (Phi) is 6.91. The number of pyridine rings is 2. The van der Waals surface area contributed by atoms with E-state index in [0.717, 1.165) is 0 Å². The van der Waals surface area contributed by atoms with Crippen molar-refractivity contribution in [3.63, 3.8) is 0 Å². The molecule has 30 heavy (non-hydrogen) atoms. The quantitative estimate of drug-likeness (QED) is 0.492. The molecule has 2 N–H and O–H groups in total. The molecule has 3 aromatic rings. The fourth-order valence-corrected chi connectivity index (χ4v) is 3.06. The summed E-state index contributed by atoms with van der Waals surface area (Å²) < 4.78 is 36.6. The van der Waals surface area contributed by atoms with Gasteiger partial charge in [0.05, 0.1) is 28.5 Å². The minimum Gasteiger partial charge on any atom is -0.322 e. The molecule has 0 bridgehead atoms. The molecule has 2 aromatic heterocycles. The second-order valence-electron chi connectivity index (χ2n) is 6.22. The summed E-state index contributed by atoms with van der Waals surface area (Å²) in [6.45, 7) is -1.28. The lowest BCUT2D eigenvalue weighted by Crippen LogP contribution is -2.28. The molecule has 0 atom stereocenters. The van der Waals surface area contributed by atoms with Crippen molar-refractivity contribution < 1.29 is 18.0 Å². The summed E-state index contributed by atoms with van der Waals surface area (Å²) in [5.74, 6) is -0.517. The molecule has 0 spiro atoms. The molecule has 0 saturated heterocycles. The number of rotatable bonds is 6. The van der Waals surface area contributed by atoms with Crippen LogP contribution >= 0.6 is 23.2 Å². The number of nitrogens with zero attached hydrogens (tertiary/aromatic N) is 2. The molecule has 156 valence electrons. The van der Waals surface area contributed by atoms with E-state index in [-0.39, 0.29) is 23.0 Å². The summed E-state index contributed by atoms with van der Waals surface area (Å²) in [6, 6.07) is 13.2. The van der Waals surface area contributed by atoms with E-state index in [1.54, 1.807) is 36.5 Å². The van der Waals surface area contributed by atoms with Gasteiger partial charge < -0.3 is 10.6 Å². The van der Waals surface area contributed by atoms with E-state index >= 15 is 0 Å². The molecule has 0 radical (unpaired) electrons. The topological polar surface area (TPSA) is 66.9 Å². The highest BCUT2D eigenvalue weighted by atomic mass is 35.5. The van der Waals surface area contributed by atoms with E-state index < -0.39 is 18.6 Å². The number of hydrogen-bond donors (Lipinski definition) is 2. The molecule has 0 aliphatic heterocycles. The van der Waals surface area contributed by atoms with Crippen LogP contribution in [0.3, 0.4) is 0 Å². The van der Waals surface area contributed by atoms with E-state index in [9.17, 15) is 18.0 Å². The minimum atomic E-state index is -4.32. The first-order valence-corrected chi connectivity index (χ1v) is 9.44. The summed E-state index contributed by atoms with van der Waals surface area (Å²) >= 11 is 12.3. The molecule has 0 unspecified atom stereocenters. The Morgan fingerprint density at radius 1 is 1.07 bits per heavy atom. The van der Waals surface area contributed by atoms with Crippen molar-refractivity contribution in [1.82, 2.24) is 15.3 Å². The predicted octanol–water partition coefficient (Wildman–Crippen LogP) is 5.35. The number of hydrogen-bond acceptors (Lipinski definition) is 4. The number of aromatic nitrogens is 2. The standard InChI is InChI=1S/C20H15Cl2F3N4O/c21-16-7-5-12(9-15(16)17-3-1-2-8-27-17)29-19(30)14-6-4-13(28-18(14)22)10-26-11-20(23,24)25/h1-9,26H,10-11H2,(H,29,30). The van der Waals surface area contributed by atoms with E-state index in [4.69, 9.17) is 23.2 Å². The highest BCUT2D eigenvalue weighted by Crippen LogP contribution is 2.29. The molecule has 5 nitrogen and oxygen atoms in total. The van der Waals surface area contributed by atoms with Gasteiger partial charge in [0.15, 0.2) is 0 Å². The Hall–Kier alpha value is -2.68. The van der Waals surface area contributed by atoms with Gasteiger partial charge in [0.2, 0.25) is 0 Å². The van der Waals surface area contributed by atoms with E-state index in [1.165, 1.54) is 12.1 Å². The average molecular weight is 455 g/mol. The summed E-state index contributed by atoms with van der Waals surface area (Å²) in [5.41, 5.74) is 2.13. The van der Waals surface area contributed by atoms with Crippen LogP contribution in [0, 0.1) is 0 Å². The molecule has 1 aromatic carbocycles. The summed E-state index contributed by atoms with van der Waals surface area (Å²) in [4.78, 5) is 20.8. The normalized spacial score (nSPS) is 11.4. The van der Waals surface area contributed by atoms with Crippen LogP contribution < -0.4 is 10.6 Å². The number of benzene rings is 1. The zero-order valence-electron chi connectivity index (χ0n) is 15.3. The largest absolute Gasteiger partial charge is 0.401 e. The molecule has 1 amide bonds. The molecule has 2 heterocycles. The third-order valence-electron chi connectivity index (χ3n) is 3.95. The van der Waals surface area contributed by atoms with Crippen LogP contribution in [0.25, 0.3) is 11.3 Å². The maximum atomic E-state index is 12.6. The summed E-state index contributed by atoms with van der Waals surface area (Å²) in [7, 11) is 0. The van der Waals surface area contributed by atoms with Crippen molar-refractivity contribution in [3.8, 4) is 11.3 Å². The van der Waals surface area contributed by atoms with Crippen LogP contribution in [0.5, 0.6) is 0 Å². The summed E-state index contributed by atoms with van der Waals surface area (Å²) in [5, 5.41) is 5.29. The number of nitrogens with one attached hydrogen (secondary N) is 2. The van der Waals surface area contributed by atoms with Crippen molar-refractivity contribution in [2.75, 3.05) is 11.9 Å². The minimum absolute atomic E-state index is 0.0885. The molecule has 0 saturated carbocycles. The van der Waals surface area contributed by atoms with Gasteiger partial charge in [-0.25, -0.2) is 4.98 Å². The fourth-order valence-electron chi connectivity index (χ4n) is 2.59. The zero-order valence-corrected chi connectivity index (χ0v) is 16.8. The van der Waals surface area contributed by atoms with Crippen LogP contribution in [0.4, 0.5) is 18.9 Å². The number of carbonyl (C=O) groups excluding carboxylic acids is 1. The Morgan fingerprint density at radius 2 is 1.87 bits per heavy atom. The molecule has 10 heteroatoms. The van der Waals surface area contributed by atoms with Crippen molar-refractivity contribution in [3.05, 3.63) is 76.2 Å². The smallest absolute Gasteiger partial charge is 0.322 e. The van der Waals surface area contributed by atoms with Crippen LogP contribution in [-0.4, -0.2) is 28.6 Å². The van der Waals surface area contributed by atoms with Crippen molar-refractivity contribution in [1.29, 1.82) is 0 Å². The molecular formula is C20H15Cl2F3N4O. The summed E-state index contributed by atoms with van der Waals surface area (Å²) in [6.07, 6.45) is -2.69. The maximum absolute atomic E-state index is 12.6. The number of halogens is 5. The monoisotopic (exact) mass is 454 g/mol. The third kappa shape index (κ3) is 5.91. The highest BCUT2D eigenvalue weighted by molar-refractivity contribution is 6.34. The molecule has 0 aliphatic rings. The predicted molar refractivity (Wildman–Crippen MR) is 110 cm³/mol. The number of alkyl halides is 3. The second-order valence-corrected chi connectivity index (χ2v) is 6.99. The number of anilines is 1. The van der Waals surface area contributed by atoms with Gasteiger partial charge in [0, 0.05) is 24.0 Å². The number of carbonyl (C=O) groups is 1. The van der Waals surface area contributed by atoms with Gasteiger partial charge in [-0.05, 0) is 42.5 Å². The molecular weight excluding hydrogens is 440 g/mol. The Labute approximate surface area is 180 Å². The molecule has 0 fully saturated rings.